The Bertz CT molecular complexity index is 426. The van der Waals surface area contributed by atoms with Crippen LogP contribution >= 0.6 is 0 Å². The predicted octanol–water partition coefficient (Wildman–Crippen LogP) is 0.988. The molecule has 0 bridgehead atoms. The minimum Gasteiger partial charge on any atom is -0.478 e. The van der Waals surface area contributed by atoms with E-state index in [4.69, 9.17) is 11.5 Å². The minimum atomic E-state index is -1.33. The summed E-state index contributed by atoms with van der Waals surface area (Å²) in [5.41, 5.74) is -0.413. The zero-order chi connectivity index (χ0) is 11.4. The highest BCUT2D eigenvalue weighted by molar-refractivity contribution is 5.88. The van der Waals surface area contributed by atoms with Gasteiger partial charge in [0.2, 0.25) is 0 Å². The maximum absolute atomic E-state index is 13.5. The summed E-state index contributed by atoms with van der Waals surface area (Å²) in [7, 11) is 1.54. The lowest BCUT2D eigenvalue weighted by Crippen LogP contribution is -2.21. The highest BCUT2D eigenvalue weighted by Crippen LogP contribution is 2.17. The zero-order valence-corrected chi connectivity index (χ0v) is 8.07. The molecule has 0 atom stereocenters. The molecule has 1 rings (SSSR count). The van der Waals surface area contributed by atoms with Crippen LogP contribution in [0.25, 0.3) is 0 Å². The molecule has 0 amide bonds. The van der Waals surface area contributed by atoms with Gasteiger partial charge in [-0.05, 0) is 6.07 Å². The molecule has 5 heteroatoms. The van der Waals surface area contributed by atoms with Crippen molar-refractivity contribution >= 4 is 11.8 Å². The summed E-state index contributed by atoms with van der Waals surface area (Å²) in [6.45, 7) is 0.160. The number of carboxylic acid groups (broad SMARTS) is 1. The van der Waals surface area contributed by atoms with Gasteiger partial charge < -0.3 is 10.0 Å². The van der Waals surface area contributed by atoms with Gasteiger partial charge >= 0.3 is 5.97 Å². The Morgan fingerprint density at radius 1 is 1.80 bits per heavy atom. The second kappa shape index (κ2) is 4.42. The van der Waals surface area contributed by atoms with Gasteiger partial charge in [-0.2, -0.15) is 0 Å². The Balaban J connectivity index is 3.16. The number of pyridine rings is 1. The maximum Gasteiger partial charge on any atom is 0.338 e. The first-order valence-electron chi connectivity index (χ1n) is 4.10. The number of terminal acetylenes is 1. The fourth-order valence-electron chi connectivity index (χ4n) is 1.08. The summed E-state index contributed by atoms with van der Waals surface area (Å²) in [6, 6.07) is 1.10. The Kier molecular flexibility index (Phi) is 3.24. The van der Waals surface area contributed by atoms with Gasteiger partial charge in [-0.3, -0.25) is 0 Å². The van der Waals surface area contributed by atoms with E-state index in [9.17, 15) is 9.18 Å². The van der Waals surface area contributed by atoms with Crippen LogP contribution in [-0.4, -0.2) is 29.7 Å². The summed E-state index contributed by atoms with van der Waals surface area (Å²) < 4.78 is 13.5. The second-order valence-corrected chi connectivity index (χ2v) is 2.86. The van der Waals surface area contributed by atoms with Crippen LogP contribution < -0.4 is 4.90 Å². The molecule has 0 aromatic carbocycles. The van der Waals surface area contributed by atoms with Crippen molar-refractivity contribution < 1.29 is 14.3 Å². The van der Waals surface area contributed by atoms with Crippen molar-refractivity contribution in [3.63, 3.8) is 0 Å². The van der Waals surface area contributed by atoms with Crippen LogP contribution in [0.2, 0.25) is 0 Å². The van der Waals surface area contributed by atoms with Crippen LogP contribution in [0.5, 0.6) is 0 Å². The number of aromatic nitrogens is 1. The van der Waals surface area contributed by atoms with E-state index < -0.39 is 17.3 Å². The van der Waals surface area contributed by atoms with Gasteiger partial charge in [0.15, 0.2) is 11.6 Å². The lowest BCUT2D eigenvalue weighted by Gasteiger charge is -2.15. The van der Waals surface area contributed by atoms with E-state index in [1.807, 2.05) is 0 Å². The normalized spacial score (nSPS) is 9.40. The van der Waals surface area contributed by atoms with Gasteiger partial charge in [0.25, 0.3) is 0 Å². The van der Waals surface area contributed by atoms with Crippen LogP contribution in [0.1, 0.15) is 10.4 Å². The van der Waals surface area contributed by atoms with Crippen molar-refractivity contribution in [2.24, 2.45) is 0 Å². The molecule has 0 aliphatic rings. The number of aromatic carboxylic acids is 1. The number of hydrogen-bond donors (Lipinski definition) is 1. The number of carboxylic acids is 1. The van der Waals surface area contributed by atoms with Crippen molar-refractivity contribution in [2.75, 3.05) is 18.5 Å². The number of hydrogen-bond acceptors (Lipinski definition) is 3. The number of nitrogens with zero attached hydrogens (tertiary/aromatic N) is 2. The lowest BCUT2D eigenvalue weighted by molar-refractivity contribution is 0.0692. The third kappa shape index (κ3) is 2.23. The molecule has 1 heterocycles. The lowest BCUT2D eigenvalue weighted by atomic mass is 10.2. The van der Waals surface area contributed by atoms with E-state index in [0.29, 0.717) is 0 Å². The Morgan fingerprint density at radius 3 is 3.00 bits per heavy atom. The number of halogens is 1. The summed E-state index contributed by atoms with van der Waals surface area (Å²) in [5, 5.41) is 8.68. The maximum atomic E-state index is 13.5. The first-order chi connectivity index (χ1) is 7.07. The SMILES string of the molecule is C#CCN(C)c1nccc(C(=O)O)c1F. The number of rotatable bonds is 3. The fourth-order valence-corrected chi connectivity index (χ4v) is 1.08. The molecule has 0 saturated heterocycles. The van der Waals surface area contributed by atoms with Crippen molar-refractivity contribution in [1.29, 1.82) is 0 Å². The smallest absolute Gasteiger partial charge is 0.338 e. The predicted molar refractivity (Wildman–Crippen MR) is 53.3 cm³/mol. The molecule has 0 saturated carbocycles. The minimum absolute atomic E-state index is 0.0622. The zero-order valence-electron chi connectivity index (χ0n) is 8.07. The van der Waals surface area contributed by atoms with E-state index in [1.165, 1.54) is 18.1 Å². The van der Waals surface area contributed by atoms with Gasteiger partial charge in [0.1, 0.15) is 5.56 Å². The van der Waals surface area contributed by atoms with E-state index in [1.54, 1.807) is 0 Å². The fraction of sp³-hybridized carbons (Fsp3) is 0.200. The van der Waals surface area contributed by atoms with Gasteiger partial charge in [-0.25, -0.2) is 14.2 Å². The van der Waals surface area contributed by atoms with Gasteiger partial charge in [0, 0.05) is 13.2 Å². The molecule has 1 N–H and O–H groups in total. The Hall–Kier alpha value is -2.09. The summed E-state index contributed by atoms with van der Waals surface area (Å²) in [6.07, 6.45) is 6.29. The third-order valence-electron chi connectivity index (χ3n) is 1.79. The van der Waals surface area contributed by atoms with Crippen LogP contribution in [0, 0.1) is 18.2 Å². The molecule has 0 radical (unpaired) electrons. The Labute approximate surface area is 86.4 Å². The molecule has 15 heavy (non-hydrogen) atoms. The second-order valence-electron chi connectivity index (χ2n) is 2.86. The molecular formula is C10H9FN2O2. The first-order valence-corrected chi connectivity index (χ1v) is 4.10. The van der Waals surface area contributed by atoms with Crippen LogP contribution in [0.4, 0.5) is 10.2 Å². The Morgan fingerprint density at radius 2 is 2.47 bits per heavy atom. The molecule has 0 aliphatic carbocycles. The molecule has 0 fully saturated rings. The third-order valence-corrected chi connectivity index (χ3v) is 1.79. The van der Waals surface area contributed by atoms with Crippen molar-refractivity contribution in [3.8, 4) is 12.3 Å². The number of anilines is 1. The average Bonchev–Trinajstić information content (AvgIpc) is 2.17. The van der Waals surface area contributed by atoms with E-state index in [0.717, 1.165) is 6.07 Å². The molecule has 0 unspecified atom stereocenters. The summed E-state index contributed by atoms with van der Waals surface area (Å²) in [5.74, 6) is 0.0506. The summed E-state index contributed by atoms with van der Waals surface area (Å²) >= 11 is 0. The first kappa shape index (κ1) is 11.0. The highest BCUT2D eigenvalue weighted by atomic mass is 19.1. The molecule has 0 aliphatic heterocycles. The van der Waals surface area contributed by atoms with E-state index in [-0.39, 0.29) is 12.4 Å². The van der Waals surface area contributed by atoms with Gasteiger partial charge in [0.05, 0.1) is 6.54 Å². The van der Waals surface area contributed by atoms with Crippen molar-refractivity contribution in [3.05, 3.63) is 23.6 Å². The molecular weight excluding hydrogens is 199 g/mol. The molecule has 4 nitrogen and oxygen atoms in total. The highest BCUT2D eigenvalue weighted by Gasteiger charge is 2.16. The van der Waals surface area contributed by atoms with Crippen molar-refractivity contribution in [1.82, 2.24) is 4.98 Å². The van der Waals surface area contributed by atoms with E-state index >= 15 is 0 Å². The average molecular weight is 208 g/mol. The monoisotopic (exact) mass is 208 g/mol. The van der Waals surface area contributed by atoms with Gasteiger partial charge in [-0.15, -0.1) is 6.42 Å². The standard InChI is InChI=1S/C10H9FN2O2/c1-3-6-13(2)9-8(11)7(10(14)15)4-5-12-9/h1,4-5H,6H2,2H3,(H,14,15). The van der Waals surface area contributed by atoms with Crippen LogP contribution in [0.15, 0.2) is 12.3 Å². The summed E-state index contributed by atoms with van der Waals surface area (Å²) in [4.78, 5) is 15.7. The van der Waals surface area contributed by atoms with Crippen molar-refractivity contribution in [2.45, 2.75) is 0 Å². The topological polar surface area (TPSA) is 53.4 Å². The largest absolute Gasteiger partial charge is 0.478 e. The molecule has 78 valence electrons. The molecule has 1 aromatic heterocycles. The molecule has 0 spiro atoms. The van der Waals surface area contributed by atoms with Crippen LogP contribution in [-0.2, 0) is 0 Å². The van der Waals surface area contributed by atoms with Gasteiger partial charge in [-0.1, -0.05) is 5.92 Å². The van der Waals surface area contributed by atoms with Crippen LogP contribution in [0.3, 0.4) is 0 Å². The molecule has 1 aromatic rings. The number of carbonyl (C=O) groups is 1. The quantitative estimate of drug-likeness (QED) is 0.752. The van der Waals surface area contributed by atoms with E-state index in [2.05, 4.69) is 10.9 Å².